The van der Waals surface area contributed by atoms with Crippen molar-refractivity contribution >= 4 is 17.5 Å². The normalized spacial score (nSPS) is 11.3. The van der Waals surface area contributed by atoms with Gasteiger partial charge in [0.15, 0.2) is 0 Å². The number of aromatic nitrogens is 2. The number of hydrogen-bond donors (Lipinski definition) is 1. The Hall–Kier alpha value is -1.86. The van der Waals surface area contributed by atoms with Gasteiger partial charge in [-0.3, -0.25) is 4.79 Å². The summed E-state index contributed by atoms with van der Waals surface area (Å²) in [7, 11) is 3.49. The number of nitrogens with zero attached hydrogens (tertiary/aromatic N) is 3. The second-order valence-electron chi connectivity index (χ2n) is 4.30. The van der Waals surface area contributed by atoms with Crippen LogP contribution in [0.25, 0.3) is 0 Å². The Morgan fingerprint density at radius 3 is 2.05 bits per heavy atom. The number of carbonyl (C=O) groups excluding carboxylic acids is 1. The summed E-state index contributed by atoms with van der Waals surface area (Å²) < 4.78 is 36.2. The lowest BCUT2D eigenvalue weighted by Crippen LogP contribution is -2.23. The Morgan fingerprint density at radius 2 is 1.68 bits per heavy atom. The van der Waals surface area contributed by atoms with Crippen molar-refractivity contribution in [3.63, 3.8) is 0 Å². The van der Waals surface area contributed by atoms with E-state index in [-0.39, 0.29) is 5.69 Å². The van der Waals surface area contributed by atoms with E-state index >= 15 is 0 Å². The van der Waals surface area contributed by atoms with Gasteiger partial charge in [0.2, 0.25) is 11.9 Å². The van der Waals surface area contributed by atoms with Crippen molar-refractivity contribution in [1.82, 2.24) is 9.97 Å². The molecule has 0 aliphatic heterocycles. The first kappa shape index (κ1) is 15.2. The predicted molar refractivity (Wildman–Crippen MR) is 65.1 cm³/mol. The molecule has 0 radical (unpaired) electrons. The van der Waals surface area contributed by atoms with Gasteiger partial charge in [-0.25, -0.2) is 9.97 Å². The summed E-state index contributed by atoms with van der Waals surface area (Å²) in [5, 5.41) is 2.20. The molecule has 8 heteroatoms. The Balaban J connectivity index is 2.94. The van der Waals surface area contributed by atoms with Gasteiger partial charge < -0.3 is 10.2 Å². The molecule has 0 atom stereocenters. The molecule has 0 saturated carbocycles. The number of nitrogens with one attached hydrogen (secondary N) is 1. The quantitative estimate of drug-likeness (QED) is 0.918. The second-order valence-corrected chi connectivity index (χ2v) is 4.30. The van der Waals surface area contributed by atoms with Gasteiger partial charge in [0.05, 0.1) is 17.1 Å². The molecule has 0 bridgehead atoms. The predicted octanol–water partition coefficient (Wildman–Crippen LogP) is 2.05. The third kappa shape index (κ3) is 4.38. The average Bonchev–Trinajstić information content (AvgIpc) is 2.20. The SMILES string of the molecule is Cc1nc(N(C)C)nc(C)c1NC(=O)CC(F)(F)F. The highest BCUT2D eigenvalue weighted by Crippen LogP contribution is 2.23. The van der Waals surface area contributed by atoms with Gasteiger partial charge in [-0.15, -0.1) is 0 Å². The Morgan fingerprint density at radius 1 is 1.21 bits per heavy atom. The molecule has 5 nitrogen and oxygen atoms in total. The van der Waals surface area contributed by atoms with E-state index in [0.29, 0.717) is 17.3 Å². The minimum Gasteiger partial charge on any atom is -0.347 e. The molecule has 0 aliphatic rings. The number of rotatable bonds is 3. The molecule has 0 aromatic carbocycles. The maximum absolute atomic E-state index is 12.1. The van der Waals surface area contributed by atoms with Gasteiger partial charge in [0, 0.05) is 14.1 Å². The highest BCUT2D eigenvalue weighted by Gasteiger charge is 2.31. The molecule has 1 rings (SSSR count). The maximum atomic E-state index is 12.1. The van der Waals surface area contributed by atoms with Gasteiger partial charge >= 0.3 is 6.18 Å². The minimum absolute atomic E-state index is 0.222. The van der Waals surface area contributed by atoms with E-state index in [1.165, 1.54) is 0 Å². The third-order valence-electron chi connectivity index (χ3n) is 2.28. The van der Waals surface area contributed by atoms with Crippen molar-refractivity contribution in [3.8, 4) is 0 Å². The van der Waals surface area contributed by atoms with E-state index in [2.05, 4.69) is 15.3 Å². The smallest absolute Gasteiger partial charge is 0.347 e. The molecule has 0 fully saturated rings. The lowest BCUT2D eigenvalue weighted by Gasteiger charge is -2.16. The lowest BCUT2D eigenvalue weighted by atomic mass is 10.2. The number of aryl methyl sites for hydroxylation is 2. The summed E-state index contributed by atoms with van der Waals surface area (Å²) in [6, 6.07) is 0. The number of amides is 1. The third-order valence-corrected chi connectivity index (χ3v) is 2.28. The fourth-order valence-electron chi connectivity index (χ4n) is 1.45. The summed E-state index contributed by atoms with van der Waals surface area (Å²) in [6.07, 6.45) is -6.06. The Kier molecular flexibility index (Phi) is 4.33. The van der Waals surface area contributed by atoms with Crippen LogP contribution < -0.4 is 10.2 Å². The number of anilines is 2. The van der Waals surface area contributed by atoms with Crippen LogP contribution in [0.2, 0.25) is 0 Å². The first-order chi connectivity index (χ1) is 8.60. The van der Waals surface area contributed by atoms with Crippen LogP contribution in [0.1, 0.15) is 17.8 Å². The van der Waals surface area contributed by atoms with Crippen molar-refractivity contribution in [2.75, 3.05) is 24.3 Å². The molecule has 0 spiro atoms. The lowest BCUT2D eigenvalue weighted by molar-refractivity contribution is -0.150. The summed E-state index contributed by atoms with van der Waals surface area (Å²) in [4.78, 5) is 21.1. The largest absolute Gasteiger partial charge is 0.397 e. The molecular weight excluding hydrogens is 261 g/mol. The van der Waals surface area contributed by atoms with Crippen molar-refractivity contribution in [1.29, 1.82) is 0 Å². The Labute approximate surface area is 108 Å². The van der Waals surface area contributed by atoms with Crippen molar-refractivity contribution in [2.24, 2.45) is 0 Å². The van der Waals surface area contributed by atoms with Crippen LogP contribution in [0.15, 0.2) is 0 Å². The van der Waals surface area contributed by atoms with Crippen molar-refractivity contribution in [3.05, 3.63) is 11.4 Å². The standard InChI is InChI=1S/C11H15F3N4O/c1-6-9(17-8(19)5-11(12,13)14)7(2)16-10(15-6)18(3)4/h5H2,1-4H3,(H,17,19). The van der Waals surface area contributed by atoms with Gasteiger partial charge in [0.25, 0.3) is 0 Å². The topological polar surface area (TPSA) is 58.1 Å². The van der Waals surface area contributed by atoms with E-state index in [9.17, 15) is 18.0 Å². The van der Waals surface area contributed by atoms with Crippen molar-refractivity contribution < 1.29 is 18.0 Å². The van der Waals surface area contributed by atoms with Gasteiger partial charge in [-0.05, 0) is 13.8 Å². The molecular formula is C11H15F3N4O. The van der Waals surface area contributed by atoms with Crippen LogP contribution in [-0.4, -0.2) is 36.1 Å². The van der Waals surface area contributed by atoms with Gasteiger partial charge in [-0.1, -0.05) is 0 Å². The highest BCUT2D eigenvalue weighted by atomic mass is 19.4. The van der Waals surface area contributed by atoms with E-state index < -0.39 is 18.5 Å². The van der Waals surface area contributed by atoms with Crippen LogP contribution >= 0.6 is 0 Å². The van der Waals surface area contributed by atoms with Crippen LogP contribution in [-0.2, 0) is 4.79 Å². The number of halogens is 3. The van der Waals surface area contributed by atoms with E-state index in [4.69, 9.17) is 0 Å². The van der Waals surface area contributed by atoms with Crippen LogP contribution in [0, 0.1) is 13.8 Å². The zero-order chi connectivity index (χ0) is 14.8. The first-order valence-corrected chi connectivity index (χ1v) is 5.49. The minimum atomic E-state index is -4.53. The van der Waals surface area contributed by atoms with Crippen LogP contribution in [0.5, 0.6) is 0 Å². The molecule has 0 saturated heterocycles. The van der Waals surface area contributed by atoms with Crippen molar-refractivity contribution in [2.45, 2.75) is 26.4 Å². The first-order valence-electron chi connectivity index (χ1n) is 5.49. The Bertz CT molecular complexity index is 462. The van der Waals surface area contributed by atoms with Crippen LogP contribution in [0.3, 0.4) is 0 Å². The monoisotopic (exact) mass is 276 g/mol. The van der Waals surface area contributed by atoms with E-state index in [1.807, 2.05) is 0 Å². The van der Waals surface area contributed by atoms with E-state index in [0.717, 1.165) is 0 Å². The fourth-order valence-corrected chi connectivity index (χ4v) is 1.45. The second kappa shape index (κ2) is 5.41. The molecule has 106 valence electrons. The number of alkyl halides is 3. The zero-order valence-electron chi connectivity index (χ0n) is 11.1. The van der Waals surface area contributed by atoms with Gasteiger partial charge in [-0.2, -0.15) is 13.2 Å². The summed E-state index contributed by atoms with van der Waals surface area (Å²) in [6.45, 7) is 3.20. The highest BCUT2D eigenvalue weighted by molar-refractivity contribution is 5.92. The average molecular weight is 276 g/mol. The molecule has 1 aromatic heterocycles. The number of hydrogen-bond acceptors (Lipinski definition) is 4. The fraction of sp³-hybridized carbons (Fsp3) is 0.545. The summed E-state index contributed by atoms with van der Waals surface area (Å²) in [5.74, 6) is -0.691. The zero-order valence-corrected chi connectivity index (χ0v) is 11.1. The summed E-state index contributed by atoms with van der Waals surface area (Å²) in [5.41, 5.74) is 1.07. The van der Waals surface area contributed by atoms with Gasteiger partial charge in [0.1, 0.15) is 6.42 Å². The molecule has 1 heterocycles. The van der Waals surface area contributed by atoms with E-state index in [1.54, 1.807) is 32.8 Å². The molecule has 1 N–H and O–H groups in total. The molecule has 0 unspecified atom stereocenters. The molecule has 19 heavy (non-hydrogen) atoms. The molecule has 1 amide bonds. The molecule has 1 aromatic rings. The maximum Gasteiger partial charge on any atom is 0.397 e. The molecule has 0 aliphatic carbocycles. The number of carbonyl (C=O) groups is 1. The van der Waals surface area contributed by atoms with Crippen LogP contribution in [0.4, 0.5) is 24.8 Å². The summed E-state index contributed by atoms with van der Waals surface area (Å²) >= 11 is 0.